The fourth-order valence-electron chi connectivity index (χ4n) is 2.48. The normalized spacial score (nSPS) is 22.4. The molecule has 94 valence electrons. The number of nitrogens with zero attached hydrogens (tertiary/aromatic N) is 1. The van der Waals surface area contributed by atoms with Gasteiger partial charge >= 0.3 is 0 Å². The van der Waals surface area contributed by atoms with Gasteiger partial charge in [-0.05, 0) is 37.1 Å². The van der Waals surface area contributed by atoms with Gasteiger partial charge in [-0.15, -0.1) is 0 Å². The molecule has 3 heteroatoms. The van der Waals surface area contributed by atoms with Crippen molar-refractivity contribution < 1.29 is 9.50 Å². The van der Waals surface area contributed by atoms with E-state index in [4.69, 9.17) is 0 Å². The molecule has 1 heterocycles. The minimum atomic E-state index is -0.191. The third-order valence-electron chi connectivity index (χ3n) is 3.51. The summed E-state index contributed by atoms with van der Waals surface area (Å²) >= 11 is 0. The van der Waals surface area contributed by atoms with E-state index in [2.05, 4.69) is 4.90 Å². The Morgan fingerprint density at radius 3 is 2.65 bits per heavy atom. The van der Waals surface area contributed by atoms with Crippen molar-refractivity contribution in [2.75, 3.05) is 13.2 Å². The molecule has 1 aromatic carbocycles. The van der Waals surface area contributed by atoms with E-state index in [-0.39, 0.29) is 18.5 Å². The molecule has 2 nitrogen and oxygen atoms in total. The van der Waals surface area contributed by atoms with Crippen LogP contribution in [0.3, 0.4) is 0 Å². The fourth-order valence-corrected chi connectivity index (χ4v) is 2.48. The highest BCUT2D eigenvalue weighted by Gasteiger charge is 2.19. The third kappa shape index (κ3) is 3.51. The first kappa shape index (κ1) is 12.5. The first-order valence-corrected chi connectivity index (χ1v) is 6.39. The lowest BCUT2D eigenvalue weighted by Gasteiger charge is -2.28. The van der Waals surface area contributed by atoms with E-state index >= 15 is 0 Å². The van der Waals surface area contributed by atoms with Gasteiger partial charge < -0.3 is 5.11 Å². The number of aliphatic hydroxyl groups excluding tert-OH is 1. The lowest BCUT2D eigenvalue weighted by molar-refractivity contribution is 0.118. The van der Waals surface area contributed by atoms with Crippen LogP contribution in [0.1, 0.15) is 31.2 Å². The lowest BCUT2D eigenvalue weighted by Crippen LogP contribution is -2.36. The minimum absolute atomic E-state index is 0.191. The second-order valence-electron chi connectivity index (χ2n) is 4.78. The Morgan fingerprint density at radius 1 is 1.18 bits per heavy atom. The van der Waals surface area contributed by atoms with E-state index in [0.717, 1.165) is 25.1 Å². The van der Waals surface area contributed by atoms with Crippen molar-refractivity contribution in [1.29, 1.82) is 0 Å². The van der Waals surface area contributed by atoms with Crippen LogP contribution in [0.4, 0.5) is 4.39 Å². The molecule has 1 fully saturated rings. The molecule has 0 amide bonds. The van der Waals surface area contributed by atoms with Gasteiger partial charge in [-0.2, -0.15) is 0 Å². The number of hydrogen-bond acceptors (Lipinski definition) is 2. The SMILES string of the molecule is OCC1CCCCCN1Cc1ccc(F)cc1. The van der Waals surface area contributed by atoms with Gasteiger partial charge in [-0.1, -0.05) is 25.0 Å². The van der Waals surface area contributed by atoms with Crippen LogP contribution in [-0.4, -0.2) is 29.2 Å². The predicted molar refractivity (Wildman–Crippen MR) is 66.2 cm³/mol. The largest absolute Gasteiger partial charge is 0.395 e. The highest BCUT2D eigenvalue weighted by atomic mass is 19.1. The topological polar surface area (TPSA) is 23.5 Å². The summed E-state index contributed by atoms with van der Waals surface area (Å²) in [6.45, 7) is 2.06. The minimum Gasteiger partial charge on any atom is -0.395 e. The summed E-state index contributed by atoms with van der Waals surface area (Å²) < 4.78 is 12.8. The van der Waals surface area contributed by atoms with Crippen LogP contribution in [0.15, 0.2) is 24.3 Å². The van der Waals surface area contributed by atoms with E-state index < -0.39 is 0 Å². The predicted octanol–water partition coefficient (Wildman–Crippen LogP) is 2.56. The van der Waals surface area contributed by atoms with Crippen molar-refractivity contribution in [2.24, 2.45) is 0 Å². The van der Waals surface area contributed by atoms with Gasteiger partial charge in [-0.3, -0.25) is 4.90 Å². The molecule has 1 atom stereocenters. The smallest absolute Gasteiger partial charge is 0.123 e. The third-order valence-corrected chi connectivity index (χ3v) is 3.51. The molecule has 0 saturated carbocycles. The maximum Gasteiger partial charge on any atom is 0.123 e. The van der Waals surface area contributed by atoms with Gasteiger partial charge in [-0.25, -0.2) is 4.39 Å². The van der Waals surface area contributed by atoms with Crippen LogP contribution in [0.2, 0.25) is 0 Å². The van der Waals surface area contributed by atoms with Gasteiger partial charge in [0.2, 0.25) is 0 Å². The van der Waals surface area contributed by atoms with E-state index in [1.807, 2.05) is 12.1 Å². The zero-order valence-corrected chi connectivity index (χ0v) is 10.1. The number of aliphatic hydroxyl groups is 1. The van der Waals surface area contributed by atoms with Gasteiger partial charge in [0.15, 0.2) is 0 Å². The molecule has 0 spiro atoms. The Morgan fingerprint density at radius 2 is 1.94 bits per heavy atom. The molecule has 0 radical (unpaired) electrons. The maximum absolute atomic E-state index is 12.8. The van der Waals surface area contributed by atoms with Crippen molar-refractivity contribution in [1.82, 2.24) is 4.90 Å². The molecule has 1 N–H and O–H groups in total. The van der Waals surface area contributed by atoms with Gasteiger partial charge in [0, 0.05) is 12.6 Å². The van der Waals surface area contributed by atoms with Crippen LogP contribution in [-0.2, 0) is 6.54 Å². The quantitative estimate of drug-likeness (QED) is 0.873. The Labute approximate surface area is 102 Å². The average molecular weight is 237 g/mol. The van der Waals surface area contributed by atoms with Crippen LogP contribution in [0, 0.1) is 5.82 Å². The number of benzene rings is 1. The molecule has 1 saturated heterocycles. The first-order valence-electron chi connectivity index (χ1n) is 6.39. The van der Waals surface area contributed by atoms with Crippen LogP contribution in [0.5, 0.6) is 0 Å². The van der Waals surface area contributed by atoms with Crippen LogP contribution < -0.4 is 0 Å². The number of hydrogen-bond donors (Lipinski definition) is 1. The molecule has 1 aliphatic rings. The molecule has 1 aliphatic heterocycles. The molecule has 1 unspecified atom stereocenters. The number of halogens is 1. The van der Waals surface area contributed by atoms with Crippen molar-refractivity contribution in [2.45, 2.75) is 38.3 Å². The summed E-state index contributed by atoms with van der Waals surface area (Å²) in [5.41, 5.74) is 1.12. The maximum atomic E-state index is 12.8. The molecule has 2 rings (SSSR count). The van der Waals surface area contributed by atoms with Crippen molar-refractivity contribution in [3.63, 3.8) is 0 Å². The summed E-state index contributed by atoms with van der Waals surface area (Å²) in [5, 5.41) is 9.41. The molecular weight excluding hydrogens is 217 g/mol. The summed E-state index contributed by atoms with van der Waals surface area (Å²) in [7, 11) is 0. The number of rotatable bonds is 3. The summed E-state index contributed by atoms with van der Waals surface area (Å²) in [6.07, 6.45) is 4.71. The van der Waals surface area contributed by atoms with Crippen molar-refractivity contribution in [3.05, 3.63) is 35.6 Å². The van der Waals surface area contributed by atoms with E-state index in [1.54, 1.807) is 0 Å². The fraction of sp³-hybridized carbons (Fsp3) is 0.571. The summed E-state index contributed by atoms with van der Waals surface area (Å²) in [5.74, 6) is -0.191. The second kappa shape index (κ2) is 6.12. The molecule has 1 aromatic rings. The first-order chi connectivity index (χ1) is 8.29. The van der Waals surface area contributed by atoms with Crippen LogP contribution >= 0.6 is 0 Å². The van der Waals surface area contributed by atoms with E-state index in [9.17, 15) is 9.50 Å². The van der Waals surface area contributed by atoms with Crippen molar-refractivity contribution >= 4 is 0 Å². The lowest BCUT2D eigenvalue weighted by atomic mass is 10.1. The highest BCUT2D eigenvalue weighted by molar-refractivity contribution is 5.16. The van der Waals surface area contributed by atoms with Crippen molar-refractivity contribution in [3.8, 4) is 0 Å². The van der Waals surface area contributed by atoms with Gasteiger partial charge in [0.05, 0.1) is 6.61 Å². The van der Waals surface area contributed by atoms with Gasteiger partial charge in [0.1, 0.15) is 5.82 Å². The second-order valence-corrected chi connectivity index (χ2v) is 4.78. The summed E-state index contributed by atoms with van der Waals surface area (Å²) in [4.78, 5) is 2.32. The molecule has 17 heavy (non-hydrogen) atoms. The molecule has 0 bridgehead atoms. The van der Waals surface area contributed by atoms with E-state index in [1.165, 1.54) is 31.4 Å². The zero-order valence-electron chi connectivity index (χ0n) is 10.1. The Bertz CT molecular complexity index is 339. The van der Waals surface area contributed by atoms with Gasteiger partial charge in [0.25, 0.3) is 0 Å². The zero-order chi connectivity index (χ0) is 12.1. The molecule has 0 aliphatic carbocycles. The Balaban J connectivity index is 2.01. The molecule has 0 aromatic heterocycles. The standard InChI is InChI=1S/C14H20FNO/c15-13-7-5-12(6-8-13)10-16-9-3-1-2-4-14(16)11-17/h5-8,14,17H,1-4,9-11H2. The Kier molecular flexibility index (Phi) is 4.51. The van der Waals surface area contributed by atoms with E-state index in [0.29, 0.717) is 0 Å². The number of likely N-dealkylation sites (tertiary alicyclic amines) is 1. The molecular formula is C14H20FNO. The Hall–Kier alpha value is -0.930. The monoisotopic (exact) mass is 237 g/mol. The average Bonchev–Trinajstić information content (AvgIpc) is 2.57. The summed E-state index contributed by atoms with van der Waals surface area (Å²) in [6, 6.07) is 6.92. The van der Waals surface area contributed by atoms with Crippen LogP contribution in [0.25, 0.3) is 0 Å². The highest BCUT2D eigenvalue weighted by Crippen LogP contribution is 2.19.